The van der Waals surface area contributed by atoms with Crippen LogP contribution in [0.3, 0.4) is 0 Å². The van der Waals surface area contributed by atoms with E-state index in [0.717, 1.165) is 18.4 Å². The molecule has 0 spiro atoms. The highest BCUT2D eigenvalue weighted by atomic mass is 35.5. The average molecular weight is 409 g/mol. The Kier molecular flexibility index (Phi) is 6.04. The summed E-state index contributed by atoms with van der Waals surface area (Å²) in [5.41, 5.74) is 1.44. The van der Waals surface area contributed by atoms with Gasteiger partial charge in [-0.3, -0.25) is 9.52 Å². The first-order valence-electron chi connectivity index (χ1n) is 8.64. The van der Waals surface area contributed by atoms with Crippen molar-refractivity contribution in [3.05, 3.63) is 58.6 Å². The van der Waals surface area contributed by atoms with Crippen LogP contribution in [0.4, 0.5) is 5.69 Å². The quantitative estimate of drug-likeness (QED) is 0.767. The predicted molar refractivity (Wildman–Crippen MR) is 105 cm³/mol. The van der Waals surface area contributed by atoms with Crippen LogP contribution in [0.1, 0.15) is 28.8 Å². The Morgan fingerprint density at radius 2 is 1.96 bits per heavy atom. The maximum Gasteiger partial charge on any atom is 0.261 e. The van der Waals surface area contributed by atoms with Crippen LogP contribution in [0.5, 0.6) is 0 Å². The Bertz CT molecular complexity index is 923. The smallest absolute Gasteiger partial charge is 0.261 e. The van der Waals surface area contributed by atoms with Crippen LogP contribution >= 0.6 is 11.6 Å². The molecule has 0 aliphatic carbocycles. The second kappa shape index (κ2) is 8.29. The minimum atomic E-state index is -3.76. The van der Waals surface area contributed by atoms with Crippen LogP contribution in [0, 0.1) is 6.92 Å². The van der Waals surface area contributed by atoms with Crippen molar-refractivity contribution < 1.29 is 17.9 Å². The molecular weight excluding hydrogens is 388 g/mol. The number of sulfonamides is 1. The van der Waals surface area contributed by atoms with Gasteiger partial charge in [0.15, 0.2) is 0 Å². The normalized spacial score (nSPS) is 16.9. The number of amides is 1. The molecule has 2 aromatic rings. The number of benzene rings is 2. The molecule has 3 rings (SSSR count). The summed E-state index contributed by atoms with van der Waals surface area (Å²) < 4.78 is 33.0. The molecule has 1 fully saturated rings. The highest BCUT2D eigenvalue weighted by Gasteiger charge is 2.19. The van der Waals surface area contributed by atoms with Crippen molar-refractivity contribution in [1.82, 2.24) is 5.32 Å². The third kappa shape index (κ3) is 5.00. The van der Waals surface area contributed by atoms with E-state index in [9.17, 15) is 13.2 Å². The number of halogens is 1. The molecule has 1 aliphatic rings. The highest BCUT2D eigenvalue weighted by molar-refractivity contribution is 7.92. The predicted octanol–water partition coefficient (Wildman–Crippen LogP) is 3.36. The first-order valence-corrected chi connectivity index (χ1v) is 10.5. The number of anilines is 1. The van der Waals surface area contributed by atoms with Gasteiger partial charge < -0.3 is 10.1 Å². The molecular formula is C19H21ClN2O4S. The van der Waals surface area contributed by atoms with E-state index >= 15 is 0 Å². The summed E-state index contributed by atoms with van der Waals surface area (Å²) in [6.07, 6.45) is 1.90. The fourth-order valence-electron chi connectivity index (χ4n) is 2.80. The molecule has 27 heavy (non-hydrogen) atoms. The number of nitrogens with one attached hydrogen (secondary N) is 2. The highest BCUT2D eigenvalue weighted by Crippen LogP contribution is 2.23. The fourth-order valence-corrected chi connectivity index (χ4v) is 4.05. The van der Waals surface area contributed by atoms with Crippen LogP contribution in [-0.4, -0.2) is 33.6 Å². The van der Waals surface area contributed by atoms with Gasteiger partial charge in [0.05, 0.1) is 21.6 Å². The molecule has 2 aromatic carbocycles. The summed E-state index contributed by atoms with van der Waals surface area (Å²) in [7, 11) is -3.76. The van der Waals surface area contributed by atoms with E-state index in [1.807, 2.05) is 6.92 Å². The zero-order valence-corrected chi connectivity index (χ0v) is 16.4. The van der Waals surface area contributed by atoms with Gasteiger partial charge in [0, 0.05) is 18.8 Å². The average Bonchev–Trinajstić information content (AvgIpc) is 3.15. The molecule has 0 radical (unpaired) electrons. The maximum atomic E-state index is 12.5. The van der Waals surface area contributed by atoms with Gasteiger partial charge in [0.2, 0.25) is 0 Å². The van der Waals surface area contributed by atoms with E-state index in [4.69, 9.17) is 16.3 Å². The van der Waals surface area contributed by atoms with Gasteiger partial charge in [-0.05, 0) is 50.1 Å². The Labute approximate surface area is 163 Å². The first kappa shape index (κ1) is 19.7. The van der Waals surface area contributed by atoms with E-state index in [0.29, 0.717) is 13.2 Å². The number of rotatable bonds is 6. The van der Waals surface area contributed by atoms with Crippen molar-refractivity contribution in [3.63, 3.8) is 0 Å². The zero-order chi connectivity index (χ0) is 19.4. The molecule has 1 saturated heterocycles. The van der Waals surface area contributed by atoms with Crippen LogP contribution < -0.4 is 10.0 Å². The standard InChI is InChI=1S/C19H21ClN2O4S/c1-13-4-7-16(8-5-13)27(24,25)22-14-6-9-18(20)17(11-14)19(23)21-12-15-3-2-10-26-15/h4-9,11,15,22H,2-3,10,12H2,1H3,(H,21,23)/t15-/m1/s1. The molecule has 0 bridgehead atoms. The number of carbonyl (C=O) groups excluding carboxylic acids is 1. The molecule has 6 nitrogen and oxygen atoms in total. The minimum absolute atomic E-state index is 0.0101. The van der Waals surface area contributed by atoms with Gasteiger partial charge in [0.25, 0.3) is 15.9 Å². The van der Waals surface area contributed by atoms with Crippen LogP contribution in [0.25, 0.3) is 0 Å². The van der Waals surface area contributed by atoms with Crippen LogP contribution in [0.2, 0.25) is 5.02 Å². The lowest BCUT2D eigenvalue weighted by atomic mass is 10.2. The molecule has 1 heterocycles. The summed E-state index contributed by atoms with van der Waals surface area (Å²) in [5.74, 6) is -0.369. The van der Waals surface area contributed by atoms with Gasteiger partial charge in [0.1, 0.15) is 0 Å². The van der Waals surface area contributed by atoms with Crippen molar-refractivity contribution in [2.45, 2.75) is 30.8 Å². The van der Waals surface area contributed by atoms with E-state index in [-0.39, 0.29) is 33.2 Å². The molecule has 0 unspecified atom stereocenters. The van der Waals surface area contributed by atoms with Crippen molar-refractivity contribution in [2.75, 3.05) is 17.9 Å². The van der Waals surface area contributed by atoms with E-state index < -0.39 is 10.0 Å². The zero-order valence-electron chi connectivity index (χ0n) is 14.9. The lowest BCUT2D eigenvalue weighted by molar-refractivity contribution is 0.0858. The van der Waals surface area contributed by atoms with Crippen LogP contribution in [-0.2, 0) is 14.8 Å². The van der Waals surface area contributed by atoms with E-state index in [1.54, 1.807) is 12.1 Å². The topological polar surface area (TPSA) is 84.5 Å². The molecule has 144 valence electrons. The minimum Gasteiger partial charge on any atom is -0.376 e. The lowest BCUT2D eigenvalue weighted by Gasteiger charge is -2.13. The number of aryl methyl sites for hydroxylation is 1. The maximum absolute atomic E-state index is 12.5. The molecule has 1 amide bonds. The van der Waals surface area contributed by atoms with Crippen molar-refractivity contribution in [2.24, 2.45) is 0 Å². The summed E-state index contributed by atoms with van der Waals surface area (Å²) in [6, 6.07) is 11.0. The van der Waals surface area contributed by atoms with Crippen molar-refractivity contribution >= 4 is 33.2 Å². The van der Waals surface area contributed by atoms with Crippen molar-refractivity contribution in [3.8, 4) is 0 Å². The largest absolute Gasteiger partial charge is 0.376 e. The summed E-state index contributed by atoms with van der Waals surface area (Å²) in [5, 5.41) is 3.03. The molecule has 2 N–H and O–H groups in total. The first-order chi connectivity index (χ1) is 12.8. The lowest BCUT2D eigenvalue weighted by Crippen LogP contribution is -2.32. The molecule has 8 heteroatoms. The Morgan fingerprint density at radius 1 is 1.22 bits per heavy atom. The van der Waals surface area contributed by atoms with Gasteiger partial charge in [-0.1, -0.05) is 29.3 Å². The van der Waals surface area contributed by atoms with E-state index in [2.05, 4.69) is 10.0 Å². The third-order valence-corrected chi connectivity index (χ3v) is 6.04. The van der Waals surface area contributed by atoms with Gasteiger partial charge in [-0.2, -0.15) is 0 Å². The molecule has 0 aromatic heterocycles. The molecule has 0 saturated carbocycles. The monoisotopic (exact) mass is 408 g/mol. The molecule has 1 atom stereocenters. The fraction of sp³-hybridized carbons (Fsp3) is 0.316. The second-order valence-corrected chi connectivity index (χ2v) is 8.55. The van der Waals surface area contributed by atoms with Gasteiger partial charge in [-0.25, -0.2) is 8.42 Å². The summed E-state index contributed by atoms with van der Waals surface area (Å²) >= 11 is 6.12. The van der Waals surface area contributed by atoms with Gasteiger partial charge in [-0.15, -0.1) is 0 Å². The van der Waals surface area contributed by atoms with Crippen LogP contribution in [0.15, 0.2) is 47.4 Å². The molecule has 1 aliphatic heterocycles. The number of hydrogen-bond donors (Lipinski definition) is 2. The SMILES string of the molecule is Cc1ccc(S(=O)(=O)Nc2ccc(Cl)c(C(=O)NC[C@H]3CCCO3)c2)cc1. The van der Waals surface area contributed by atoms with Crippen molar-refractivity contribution in [1.29, 1.82) is 0 Å². The summed E-state index contributed by atoms with van der Waals surface area (Å²) in [4.78, 5) is 12.6. The Balaban J connectivity index is 1.74. The Morgan fingerprint density at radius 3 is 2.63 bits per heavy atom. The second-order valence-electron chi connectivity index (χ2n) is 6.46. The number of carbonyl (C=O) groups is 1. The van der Waals surface area contributed by atoms with E-state index in [1.165, 1.54) is 30.3 Å². The summed E-state index contributed by atoms with van der Waals surface area (Å²) in [6.45, 7) is 2.98. The van der Waals surface area contributed by atoms with Gasteiger partial charge >= 0.3 is 0 Å². The number of ether oxygens (including phenoxy) is 1. The Hall–Kier alpha value is -2.09. The third-order valence-electron chi connectivity index (χ3n) is 4.31. The number of hydrogen-bond acceptors (Lipinski definition) is 4.